The molecule has 2 heterocycles. The number of benzene rings is 2. The molecule has 0 unspecified atom stereocenters. The Labute approximate surface area is 174 Å². The second-order valence-corrected chi connectivity index (χ2v) is 8.34. The molecule has 4 nitrogen and oxygen atoms in total. The molecule has 1 N–H and O–H groups in total. The van der Waals surface area contributed by atoms with Gasteiger partial charge in [-0.15, -0.1) is 11.3 Å². The van der Waals surface area contributed by atoms with E-state index in [2.05, 4.69) is 39.5 Å². The highest BCUT2D eigenvalue weighted by atomic mass is 35.5. The molecular formula is C22H22ClN3OS. The second kappa shape index (κ2) is 8.86. The minimum absolute atomic E-state index is 0.0302. The Morgan fingerprint density at radius 1 is 1.18 bits per heavy atom. The second-order valence-electron chi connectivity index (χ2n) is 7.07. The number of hydrogen-bond acceptors (Lipinski definition) is 4. The monoisotopic (exact) mass is 411 g/mol. The van der Waals surface area contributed by atoms with Gasteiger partial charge in [-0.2, -0.15) is 0 Å². The van der Waals surface area contributed by atoms with Crippen LogP contribution in [0.1, 0.15) is 17.7 Å². The van der Waals surface area contributed by atoms with Crippen LogP contribution in [-0.2, 0) is 17.8 Å². The summed E-state index contributed by atoms with van der Waals surface area (Å²) in [6, 6.07) is 18.3. The highest BCUT2D eigenvalue weighted by Crippen LogP contribution is 2.30. The summed E-state index contributed by atoms with van der Waals surface area (Å²) in [5.74, 6) is 0.0302. The third kappa shape index (κ3) is 4.79. The Kier molecular flexibility index (Phi) is 6.05. The van der Waals surface area contributed by atoms with Gasteiger partial charge in [0.15, 0.2) is 0 Å². The quantitative estimate of drug-likeness (QED) is 0.654. The van der Waals surface area contributed by atoms with Crippen molar-refractivity contribution in [3.8, 4) is 10.6 Å². The van der Waals surface area contributed by atoms with Crippen molar-refractivity contribution in [1.82, 2.24) is 15.2 Å². The maximum Gasteiger partial charge on any atom is 0.226 e. The number of carbonyl (C=O) groups is 1. The van der Waals surface area contributed by atoms with Crippen LogP contribution in [0.2, 0.25) is 5.02 Å². The largest absolute Gasteiger partial charge is 0.352 e. The first-order valence-electron chi connectivity index (χ1n) is 9.42. The Morgan fingerprint density at radius 3 is 2.79 bits per heavy atom. The predicted molar refractivity (Wildman–Crippen MR) is 115 cm³/mol. The van der Waals surface area contributed by atoms with Gasteiger partial charge in [0.1, 0.15) is 5.01 Å². The van der Waals surface area contributed by atoms with E-state index in [9.17, 15) is 4.79 Å². The van der Waals surface area contributed by atoms with E-state index in [0.717, 1.165) is 42.3 Å². The molecule has 0 bridgehead atoms. The van der Waals surface area contributed by atoms with Crippen LogP contribution in [0.25, 0.3) is 10.6 Å². The molecule has 0 radical (unpaired) electrons. The van der Waals surface area contributed by atoms with Crippen LogP contribution in [0.3, 0.4) is 0 Å². The molecule has 28 heavy (non-hydrogen) atoms. The molecule has 0 spiro atoms. The molecule has 1 atom stereocenters. The third-order valence-electron chi connectivity index (χ3n) is 4.88. The number of halogens is 1. The standard InChI is InChI=1S/C22H22ClN3OS/c23-20-9-5-4-8-19(20)22-25-18(15-28-22)12-21(27)24-17-10-11-26(14-17)13-16-6-2-1-3-7-16/h1-9,15,17H,10-14H2,(H,24,27)/t17-/m1/s1. The van der Waals surface area contributed by atoms with E-state index in [1.807, 2.05) is 35.7 Å². The molecule has 1 aliphatic heterocycles. The van der Waals surface area contributed by atoms with Gasteiger partial charge in [0, 0.05) is 36.6 Å². The van der Waals surface area contributed by atoms with E-state index < -0.39 is 0 Å². The Morgan fingerprint density at radius 2 is 1.96 bits per heavy atom. The number of nitrogens with zero attached hydrogens (tertiary/aromatic N) is 2. The maximum atomic E-state index is 12.5. The molecule has 144 valence electrons. The van der Waals surface area contributed by atoms with Crippen molar-refractivity contribution < 1.29 is 4.79 Å². The number of thiazole rings is 1. The Bertz CT molecular complexity index is 944. The van der Waals surface area contributed by atoms with Crippen LogP contribution < -0.4 is 5.32 Å². The molecule has 6 heteroatoms. The van der Waals surface area contributed by atoms with Crippen LogP contribution in [0.15, 0.2) is 60.0 Å². The number of amides is 1. The Hall–Kier alpha value is -2.21. The van der Waals surface area contributed by atoms with Gasteiger partial charge < -0.3 is 5.32 Å². The van der Waals surface area contributed by atoms with Crippen LogP contribution in [0.5, 0.6) is 0 Å². The zero-order chi connectivity index (χ0) is 19.3. The van der Waals surface area contributed by atoms with Crippen LogP contribution in [0, 0.1) is 0 Å². The lowest BCUT2D eigenvalue weighted by Crippen LogP contribution is -2.37. The van der Waals surface area contributed by atoms with Crippen LogP contribution in [0.4, 0.5) is 0 Å². The van der Waals surface area contributed by atoms with Gasteiger partial charge in [-0.25, -0.2) is 4.98 Å². The summed E-state index contributed by atoms with van der Waals surface area (Å²) in [5, 5.41) is 6.63. The summed E-state index contributed by atoms with van der Waals surface area (Å²) in [7, 11) is 0. The van der Waals surface area contributed by atoms with E-state index in [4.69, 9.17) is 11.6 Å². The number of nitrogens with one attached hydrogen (secondary N) is 1. The molecule has 1 aromatic heterocycles. The molecule has 0 aliphatic carbocycles. The third-order valence-corrected chi connectivity index (χ3v) is 6.14. The first kappa shape index (κ1) is 19.1. The van der Waals surface area contributed by atoms with Crippen molar-refractivity contribution in [3.05, 3.63) is 76.3 Å². The van der Waals surface area contributed by atoms with E-state index in [-0.39, 0.29) is 11.9 Å². The van der Waals surface area contributed by atoms with Crippen molar-refractivity contribution >= 4 is 28.8 Å². The van der Waals surface area contributed by atoms with E-state index in [1.54, 1.807) is 0 Å². The van der Waals surface area contributed by atoms with Gasteiger partial charge in [-0.3, -0.25) is 9.69 Å². The van der Waals surface area contributed by atoms with Crippen LogP contribution in [-0.4, -0.2) is 34.9 Å². The fourth-order valence-electron chi connectivity index (χ4n) is 3.53. The topological polar surface area (TPSA) is 45.2 Å². The van der Waals surface area contributed by atoms with Crippen molar-refractivity contribution in [1.29, 1.82) is 0 Å². The summed E-state index contributed by atoms with van der Waals surface area (Å²) in [5.41, 5.74) is 3.01. The number of rotatable bonds is 6. The number of aromatic nitrogens is 1. The van der Waals surface area contributed by atoms with Crippen LogP contribution >= 0.6 is 22.9 Å². The van der Waals surface area contributed by atoms with Crippen molar-refractivity contribution in [2.24, 2.45) is 0 Å². The van der Waals surface area contributed by atoms with Gasteiger partial charge >= 0.3 is 0 Å². The summed E-state index contributed by atoms with van der Waals surface area (Å²) >= 11 is 7.76. The molecule has 3 aromatic rings. The molecule has 0 saturated carbocycles. The van der Waals surface area contributed by atoms with E-state index in [1.165, 1.54) is 16.9 Å². The van der Waals surface area contributed by atoms with Gasteiger partial charge in [-0.1, -0.05) is 60.1 Å². The molecular weight excluding hydrogens is 390 g/mol. The summed E-state index contributed by atoms with van der Waals surface area (Å²) in [4.78, 5) is 19.4. The average Bonchev–Trinajstić information content (AvgIpc) is 3.32. The minimum Gasteiger partial charge on any atom is -0.352 e. The fourth-order valence-corrected chi connectivity index (χ4v) is 4.67. The first-order chi connectivity index (χ1) is 13.7. The summed E-state index contributed by atoms with van der Waals surface area (Å²) in [6.07, 6.45) is 1.29. The zero-order valence-corrected chi connectivity index (χ0v) is 17.0. The van der Waals surface area contributed by atoms with E-state index in [0.29, 0.717) is 11.4 Å². The lowest BCUT2D eigenvalue weighted by atomic mass is 10.2. The minimum atomic E-state index is 0.0302. The molecule has 1 saturated heterocycles. The van der Waals surface area contributed by atoms with Crippen molar-refractivity contribution in [3.63, 3.8) is 0 Å². The lowest BCUT2D eigenvalue weighted by molar-refractivity contribution is -0.121. The molecule has 2 aromatic carbocycles. The smallest absolute Gasteiger partial charge is 0.226 e. The van der Waals surface area contributed by atoms with Gasteiger partial charge in [0.05, 0.1) is 17.1 Å². The zero-order valence-electron chi connectivity index (χ0n) is 15.5. The van der Waals surface area contributed by atoms with Crippen molar-refractivity contribution in [2.75, 3.05) is 13.1 Å². The normalized spacial score (nSPS) is 17.0. The summed E-state index contributed by atoms with van der Waals surface area (Å²) in [6.45, 7) is 2.83. The highest BCUT2D eigenvalue weighted by Gasteiger charge is 2.24. The lowest BCUT2D eigenvalue weighted by Gasteiger charge is -2.16. The summed E-state index contributed by atoms with van der Waals surface area (Å²) < 4.78 is 0. The Balaban J connectivity index is 1.29. The maximum absolute atomic E-state index is 12.5. The van der Waals surface area contributed by atoms with Gasteiger partial charge in [-0.05, 0) is 18.1 Å². The SMILES string of the molecule is O=C(Cc1csc(-c2ccccc2Cl)n1)N[C@@H]1CCN(Cc2ccccc2)C1. The fraction of sp³-hybridized carbons (Fsp3) is 0.273. The molecule has 1 fully saturated rings. The van der Waals surface area contributed by atoms with E-state index >= 15 is 0 Å². The number of likely N-dealkylation sites (tertiary alicyclic amines) is 1. The highest BCUT2D eigenvalue weighted by molar-refractivity contribution is 7.13. The molecule has 1 amide bonds. The average molecular weight is 412 g/mol. The van der Waals surface area contributed by atoms with Crippen molar-refractivity contribution in [2.45, 2.75) is 25.4 Å². The number of hydrogen-bond donors (Lipinski definition) is 1. The number of carbonyl (C=O) groups excluding carboxylic acids is 1. The predicted octanol–water partition coefficient (Wildman–Crippen LogP) is 4.40. The molecule has 1 aliphatic rings. The van der Waals surface area contributed by atoms with Gasteiger partial charge in [0.2, 0.25) is 5.91 Å². The molecule has 4 rings (SSSR count). The first-order valence-corrected chi connectivity index (χ1v) is 10.7. The van der Waals surface area contributed by atoms with Gasteiger partial charge in [0.25, 0.3) is 0 Å².